The molecule has 2 aromatic heterocycles. The van der Waals surface area contributed by atoms with Crippen LogP contribution in [-0.4, -0.2) is 25.4 Å². The lowest BCUT2D eigenvalue weighted by Crippen LogP contribution is -2.13. The molecule has 0 radical (unpaired) electrons. The summed E-state index contributed by atoms with van der Waals surface area (Å²) in [5.41, 5.74) is 0.562. The first-order valence-corrected chi connectivity index (χ1v) is 6.39. The van der Waals surface area contributed by atoms with E-state index in [1.807, 2.05) is 6.07 Å². The molecule has 9 nitrogen and oxygen atoms in total. The van der Waals surface area contributed by atoms with Gasteiger partial charge in [0, 0.05) is 30.6 Å². The monoisotopic (exact) mass is 308 g/mol. The largest absolute Gasteiger partial charge is 0.319 e. The highest BCUT2D eigenvalue weighted by atomic mass is 16.6. The van der Waals surface area contributed by atoms with Crippen molar-refractivity contribution in [2.45, 2.75) is 0 Å². The van der Waals surface area contributed by atoms with E-state index < -0.39 is 10.8 Å². The number of nitro benzene ring substituents is 1. The average Bonchev–Trinajstić information content (AvgIpc) is 2.99. The number of carbonyl (C=O) groups is 1. The molecule has 0 aliphatic carbocycles. The van der Waals surface area contributed by atoms with Crippen LogP contribution in [0.4, 0.5) is 11.4 Å². The van der Waals surface area contributed by atoms with Crippen LogP contribution in [0.15, 0.2) is 42.7 Å². The lowest BCUT2D eigenvalue weighted by atomic mass is 10.1. The number of nitrogens with one attached hydrogen (secondary N) is 1. The summed E-state index contributed by atoms with van der Waals surface area (Å²) < 4.78 is 1.44. The molecule has 0 bridgehead atoms. The van der Waals surface area contributed by atoms with E-state index in [1.165, 1.54) is 22.7 Å². The number of fused-ring (bicyclic) bond motifs is 1. The summed E-state index contributed by atoms with van der Waals surface area (Å²) in [5, 5.41) is 26.4. The second-order valence-electron chi connectivity index (χ2n) is 4.50. The lowest BCUT2D eigenvalue weighted by molar-refractivity contribution is -0.384. The summed E-state index contributed by atoms with van der Waals surface area (Å²) in [4.78, 5) is 26.4. The van der Waals surface area contributed by atoms with E-state index in [0.717, 1.165) is 6.07 Å². The summed E-state index contributed by atoms with van der Waals surface area (Å²) in [6.07, 6.45) is 3.22. The van der Waals surface area contributed by atoms with E-state index in [-0.39, 0.29) is 22.6 Å². The van der Waals surface area contributed by atoms with E-state index >= 15 is 0 Å². The van der Waals surface area contributed by atoms with Crippen molar-refractivity contribution in [1.29, 1.82) is 5.26 Å². The quantitative estimate of drug-likeness (QED) is 0.580. The zero-order chi connectivity index (χ0) is 16.4. The van der Waals surface area contributed by atoms with Crippen molar-refractivity contribution in [3.8, 4) is 6.07 Å². The summed E-state index contributed by atoms with van der Waals surface area (Å²) in [7, 11) is 0. The molecule has 0 unspecified atom stereocenters. The van der Waals surface area contributed by atoms with Gasteiger partial charge in [-0.05, 0) is 12.1 Å². The molecular weight excluding hydrogens is 300 g/mol. The first-order chi connectivity index (χ1) is 11.1. The van der Waals surface area contributed by atoms with E-state index in [0.29, 0.717) is 5.65 Å². The second-order valence-corrected chi connectivity index (χ2v) is 4.50. The van der Waals surface area contributed by atoms with Crippen LogP contribution in [0.1, 0.15) is 16.1 Å². The molecule has 0 saturated carbocycles. The number of aromatic nitrogens is 3. The first-order valence-electron chi connectivity index (χ1n) is 6.39. The Kier molecular flexibility index (Phi) is 3.40. The van der Waals surface area contributed by atoms with E-state index in [9.17, 15) is 14.9 Å². The highest BCUT2D eigenvalue weighted by Gasteiger charge is 2.16. The van der Waals surface area contributed by atoms with Gasteiger partial charge in [0.1, 0.15) is 6.07 Å². The van der Waals surface area contributed by atoms with Gasteiger partial charge in [0.05, 0.1) is 16.2 Å². The topological polar surface area (TPSA) is 126 Å². The maximum atomic E-state index is 12.2. The molecule has 0 aliphatic rings. The Bertz CT molecular complexity index is 939. The van der Waals surface area contributed by atoms with Crippen LogP contribution in [0.5, 0.6) is 0 Å². The maximum absolute atomic E-state index is 12.2. The predicted molar refractivity (Wildman–Crippen MR) is 78.8 cm³/mol. The highest BCUT2D eigenvalue weighted by molar-refractivity contribution is 6.04. The molecule has 1 aromatic carbocycles. The SMILES string of the molecule is N#Cc1cc([N+](=O)[O-])ccc1NC(=O)c1cc2ncccn2n1. The number of hydrogen-bond acceptors (Lipinski definition) is 6. The van der Waals surface area contributed by atoms with Crippen molar-refractivity contribution in [3.05, 3.63) is 64.1 Å². The maximum Gasteiger partial charge on any atom is 0.276 e. The number of nitriles is 1. The van der Waals surface area contributed by atoms with Gasteiger partial charge in [-0.2, -0.15) is 10.4 Å². The number of hydrogen-bond donors (Lipinski definition) is 1. The van der Waals surface area contributed by atoms with E-state index in [2.05, 4.69) is 15.4 Å². The molecule has 0 aliphatic heterocycles. The molecule has 1 N–H and O–H groups in total. The zero-order valence-electron chi connectivity index (χ0n) is 11.5. The van der Waals surface area contributed by atoms with E-state index in [1.54, 1.807) is 18.5 Å². The van der Waals surface area contributed by atoms with Crippen molar-refractivity contribution >= 4 is 22.9 Å². The number of anilines is 1. The third kappa shape index (κ3) is 2.68. The van der Waals surface area contributed by atoms with Gasteiger partial charge in [-0.1, -0.05) is 0 Å². The Morgan fingerprint density at radius 1 is 1.39 bits per heavy atom. The molecular formula is C14H8N6O3. The molecule has 1 amide bonds. The third-order valence-corrected chi connectivity index (χ3v) is 3.05. The predicted octanol–water partition coefficient (Wildman–Crippen LogP) is 1.76. The third-order valence-electron chi connectivity index (χ3n) is 3.05. The van der Waals surface area contributed by atoms with Gasteiger partial charge in [-0.3, -0.25) is 14.9 Å². The Morgan fingerprint density at radius 2 is 2.22 bits per heavy atom. The van der Waals surface area contributed by atoms with Gasteiger partial charge in [-0.25, -0.2) is 9.50 Å². The summed E-state index contributed by atoms with van der Waals surface area (Å²) in [5.74, 6) is -0.541. The van der Waals surface area contributed by atoms with Gasteiger partial charge < -0.3 is 5.32 Å². The van der Waals surface area contributed by atoms with Crippen LogP contribution in [0.2, 0.25) is 0 Å². The van der Waals surface area contributed by atoms with Crippen molar-refractivity contribution in [2.75, 3.05) is 5.32 Å². The van der Waals surface area contributed by atoms with Crippen LogP contribution in [0, 0.1) is 21.4 Å². The summed E-state index contributed by atoms with van der Waals surface area (Å²) in [6, 6.07) is 8.60. The van der Waals surface area contributed by atoms with Crippen molar-refractivity contribution in [3.63, 3.8) is 0 Å². The van der Waals surface area contributed by atoms with Crippen LogP contribution in [-0.2, 0) is 0 Å². The lowest BCUT2D eigenvalue weighted by Gasteiger charge is -2.04. The van der Waals surface area contributed by atoms with Crippen LogP contribution >= 0.6 is 0 Å². The average molecular weight is 308 g/mol. The van der Waals surface area contributed by atoms with Crippen LogP contribution < -0.4 is 5.32 Å². The Labute approximate surface area is 129 Å². The van der Waals surface area contributed by atoms with Gasteiger partial charge in [0.15, 0.2) is 11.3 Å². The van der Waals surface area contributed by atoms with Gasteiger partial charge in [0.2, 0.25) is 0 Å². The minimum atomic E-state index is -0.611. The number of nitrogens with zero attached hydrogens (tertiary/aromatic N) is 5. The fraction of sp³-hybridized carbons (Fsp3) is 0. The smallest absolute Gasteiger partial charge is 0.276 e. The number of nitro groups is 1. The summed E-state index contributed by atoms with van der Waals surface area (Å²) >= 11 is 0. The Morgan fingerprint density at radius 3 is 2.91 bits per heavy atom. The minimum Gasteiger partial charge on any atom is -0.319 e. The molecule has 3 rings (SSSR count). The number of carbonyl (C=O) groups excluding carboxylic acids is 1. The molecule has 2 heterocycles. The Balaban J connectivity index is 1.90. The summed E-state index contributed by atoms with van der Waals surface area (Å²) in [6.45, 7) is 0. The number of rotatable bonds is 3. The Hall–Kier alpha value is -3.80. The normalized spacial score (nSPS) is 10.2. The van der Waals surface area contributed by atoms with E-state index in [4.69, 9.17) is 5.26 Å². The van der Waals surface area contributed by atoms with Crippen molar-refractivity contribution < 1.29 is 9.72 Å². The number of non-ortho nitro benzene ring substituents is 1. The number of amides is 1. The molecule has 0 spiro atoms. The second kappa shape index (κ2) is 5.53. The fourth-order valence-corrected chi connectivity index (χ4v) is 1.97. The molecule has 0 saturated heterocycles. The van der Waals surface area contributed by atoms with Gasteiger partial charge >= 0.3 is 0 Å². The van der Waals surface area contributed by atoms with Crippen LogP contribution in [0.3, 0.4) is 0 Å². The molecule has 0 fully saturated rings. The highest BCUT2D eigenvalue weighted by Crippen LogP contribution is 2.22. The van der Waals surface area contributed by atoms with Gasteiger partial charge in [0.25, 0.3) is 11.6 Å². The van der Waals surface area contributed by atoms with Crippen LogP contribution in [0.25, 0.3) is 5.65 Å². The molecule has 112 valence electrons. The molecule has 0 atom stereocenters. The molecule has 9 heteroatoms. The standard InChI is InChI=1S/C14H8N6O3/c15-8-9-6-10(20(22)23)2-3-11(9)17-14(21)12-7-13-16-4-1-5-19(13)18-12/h1-7H,(H,17,21). The van der Waals surface area contributed by atoms with Crippen molar-refractivity contribution in [2.24, 2.45) is 0 Å². The first kappa shape index (κ1) is 14.2. The van der Waals surface area contributed by atoms with Crippen molar-refractivity contribution in [1.82, 2.24) is 14.6 Å². The van der Waals surface area contributed by atoms with Gasteiger partial charge in [-0.15, -0.1) is 0 Å². The minimum absolute atomic E-state index is 0.00515. The zero-order valence-corrected chi connectivity index (χ0v) is 11.5. The number of benzene rings is 1. The fourth-order valence-electron chi connectivity index (χ4n) is 1.97. The molecule has 23 heavy (non-hydrogen) atoms. The molecule has 3 aromatic rings.